The molecule has 0 aliphatic carbocycles. The fraction of sp³-hybridized carbons (Fsp3) is 0.462. The maximum Gasteiger partial charge on any atom is 0.331 e. The van der Waals surface area contributed by atoms with Crippen LogP contribution in [0.4, 0.5) is 0 Å². The molecule has 0 saturated heterocycles. The first-order chi connectivity index (χ1) is 7.90. The average Bonchev–Trinajstić information content (AvgIpc) is 2.61. The summed E-state index contributed by atoms with van der Waals surface area (Å²) < 4.78 is 5.17. The number of carbonyl (C=O) groups excluding carboxylic acids is 1. The number of thiophene rings is 1. The van der Waals surface area contributed by atoms with Crippen molar-refractivity contribution < 1.29 is 9.53 Å². The molecule has 0 atom stereocenters. The van der Waals surface area contributed by atoms with Crippen molar-refractivity contribution in [2.45, 2.75) is 32.8 Å². The maximum absolute atomic E-state index is 11.4. The summed E-state index contributed by atoms with van der Waals surface area (Å²) in [4.78, 5) is 12.7. The van der Waals surface area contributed by atoms with Gasteiger partial charge in [-0.3, -0.25) is 0 Å². The summed E-state index contributed by atoms with van der Waals surface area (Å²) in [6, 6.07) is 2.04. The zero-order valence-electron chi connectivity index (χ0n) is 10.5. The SMILES string of the molecule is CC(C)(C)OC(=O)/C=C\c1csc(CCN)c1. The molecule has 2 N–H and O–H groups in total. The molecule has 1 aromatic heterocycles. The van der Waals surface area contributed by atoms with E-state index in [9.17, 15) is 4.79 Å². The van der Waals surface area contributed by atoms with Crippen LogP contribution in [0, 0.1) is 0 Å². The van der Waals surface area contributed by atoms with Gasteiger partial charge in [0, 0.05) is 11.0 Å². The first-order valence-corrected chi connectivity index (χ1v) is 6.47. The van der Waals surface area contributed by atoms with E-state index in [2.05, 4.69) is 0 Å². The largest absolute Gasteiger partial charge is 0.457 e. The zero-order chi connectivity index (χ0) is 12.9. The van der Waals surface area contributed by atoms with E-state index in [4.69, 9.17) is 10.5 Å². The summed E-state index contributed by atoms with van der Waals surface area (Å²) in [6.45, 7) is 6.20. The highest BCUT2D eigenvalue weighted by Gasteiger charge is 2.13. The molecule has 0 spiro atoms. The molecule has 4 heteroatoms. The van der Waals surface area contributed by atoms with Crippen LogP contribution in [0.25, 0.3) is 6.08 Å². The average molecular weight is 253 g/mol. The Balaban J connectivity index is 2.55. The van der Waals surface area contributed by atoms with Crippen LogP contribution in [-0.2, 0) is 16.0 Å². The predicted octanol–water partition coefficient (Wildman–Crippen LogP) is 2.60. The Bertz CT molecular complexity index is 402. The molecular formula is C13H19NO2S. The number of esters is 1. The van der Waals surface area contributed by atoms with Crippen LogP contribution in [0.5, 0.6) is 0 Å². The van der Waals surface area contributed by atoms with Crippen molar-refractivity contribution in [3.05, 3.63) is 28.0 Å². The monoisotopic (exact) mass is 253 g/mol. The number of ether oxygens (including phenoxy) is 1. The third kappa shape index (κ3) is 5.65. The molecule has 1 rings (SSSR count). The Hall–Kier alpha value is -1.13. The van der Waals surface area contributed by atoms with Gasteiger partial charge in [0.05, 0.1) is 0 Å². The molecule has 0 amide bonds. The molecule has 3 nitrogen and oxygen atoms in total. The first-order valence-electron chi connectivity index (χ1n) is 5.59. The molecule has 0 unspecified atom stereocenters. The highest BCUT2D eigenvalue weighted by Crippen LogP contribution is 2.16. The minimum atomic E-state index is -0.444. The number of nitrogens with two attached hydrogens (primary N) is 1. The quantitative estimate of drug-likeness (QED) is 0.663. The van der Waals surface area contributed by atoms with E-state index >= 15 is 0 Å². The molecule has 0 aromatic carbocycles. The summed E-state index contributed by atoms with van der Waals surface area (Å²) in [6.07, 6.45) is 4.11. The van der Waals surface area contributed by atoms with E-state index in [0.717, 1.165) is 12.0 Å². The second kappa shape index (κ2) is 5.98. The van der Waals surface area contributed by atoms with Crippen LogP contribution in [0.1, 0.15) is 31.2 Å². The molecule has 94 valence electrons. The molecule has 0 aliphatic heterocycles. The van der Waals surface area contributed by atoms with E-state index in [0.29, 0.717) is 6.54 Å². The Kier molecular flexibility index (Phi) is 4.90. The van der Waals surface area contributed by atoms with Gasteiger partial charge in [0.15, 0.2) is 0 Å². The summed E-state index contributed by atoms with van der Waals surface area (Å²) in [5.74, 6) is -0.316. The van der Waals surface area contributed by atoms with Gasteiger partial charge in [-0.05, 0) is 56.8 Å². The van der Waals surface area contributed by atoms with Crippen LogP contribution in [0.15, 0.2) is 17.5 Å². The fourth-order valence-electron chi connectivity index (χ4n) is 1.26. The summed E-state index contributed by atoms with van der Waals surface area (Å²) in [5.41, 5.74) is 6.05. The van der Waals surface area contributed by atoms with Crippen molar-refractivity contribution in [3.63, 3.8) is 0 Å². The first kappa shape index (κ1) is 13.9. The smallest absolute Gasteiger partial charge is 0.331 e. The maximum atomic E-state index is 11.4. The predicted molar refractivity (Wildman–Crippen MR) is 72.0 cm³/mol. The van der Waals surface area contributed by atoms with Crippen molar-refractivity contribution in [3.8, 4) is 0 Å². The number of hydrogen-bond donors (Lipinski definition) is 1. The van der Waals surface area contributed by atoms with Gasteiger partial charge in [-0.2, -0.15) is 0 Å². The van der Waals surface area contributed by atoms with Crippen LogP contribution < -0.4 is 5.73 Å². The lowest BCUT2D eigenvalue weighted by Gasteiger charge is -2.17. The van der Waals surface area contributed by atoms with Gasteiger partial charge >= 0.3 is 5.97 Å². The lowest BCUT2D eigenvalue weighted by Crippen LogP contribution is -2.22. The molecular weight excluding hydrogens is 234 g/mol. The van der Waals surface area contributed by atoms with Gasteiger partial charge in [-0.1, -0.05) is 0 Å². The summed E-state index contributed by atoms with van der Waals surface area (Å²) in [5, 5.41) is 2.01. The van der Waals surface area contributed by atoms with Gasteiger partial charge < -0.3 is 10.5 Å². The van der Waals surface area contributed by atoms with Crippen LogP contribution in [0.3, 0.4) is 0 Å². The normalized spacial score (nSPS) is 12.0. The Morgan fingerprint density at radius 1 is 1.53 bits per heavy atom. The molecule has 0 saturated carbocycles. The van der Waals surface area contributed by atoms with Crippen molar-refractivity contribution >= 4 is 23.4 Å². The molecule has 0 fully saturated rings. The third-order valence-corrected chi connectivity index (χ3v) is 2.90. The summed E-state index contributed by atoms with van der Waals surface area (Å²) >= 11 is 1.66. The Morgan fingerprint density at radius 3 is 2.82 bits per heavy atom. The minimum Gasteiger partial charge on any atom is -0.457 e. The molecule has 1 heterocycles. The fourth-order valence-corrected chi connectivity index (χ4v) is 2.13. The third-order valence-electron chi connectivity index (χ3n) is 1.88. The molecule has 1 aromatic rings. The van der Waals surface area contributed by atoms with E-state index in [-0.39, 0.29) is 5.97 Å². The highest BCUT2D eigenvalue weighted by atomic mass is 32.1. The van der Waals surface area contributed by atoms with Crippen molar-refractivity contribution in [2.24, 2.45) is 5.73 Å². The van der Waals surface area contributed by atoms with Gasteiger partial charge in [-0.15, -0.1) is 11.3 Å². The molecule has 17 heavy (non-hydrogen) atoms. The lowest BCUT2D eigenvalue weighted by atomic mass is 10.2. The standard InChI is InChI=1S/C13H19NO2S/c1-13(2,3)16-12(15)5-4-10-8-11(6-7-14)17-9-10/h4-5,8-9H,6-7,14H2,1-3H3/b5-4-. The van der Waals surface area contributed by atoms with Crippen LogP contribution in [0.2, 0.25) is 0 Å². The van der Waals surface area contributed by atoms with Gasteiger partial charge in [0.1, 0.15) is 5.60 Å². The number of carbonyl (C=O) groups is 1. The minimum absolute atomic E-state index is 0.316. The number of hydrogen-bond acceptors (Lipinski definition) is 4. The molecule has 0 aliphatic rings. The Labute approximate surface area is 106 Å². The Morgan fingerprint density at radius 2 is 2.24 bits per heavy atom. The van der Waals surface area contributed by atoms with Crippen LogP contribution >= 0.6 is 11.3 Å². The zero-order valence-corrected chi connectivity index (χ0v) is 11.3. The van der Waals surface area contributed by atoms with E-state index in [1.807, 2.05) is 32.2 Å². The second-order valence-corrected chi connectivity index (χ2v) is 5.75. The summed E-state index contributed by atoms with van der Waals surface area (Å²) in [7, 11) is 0. The van der Waals surface area contributed by atoms with Crippen molar-refractivity contribution in [1.29, 1.82) is 0 Å². The number of rotatable bonds is 4. The van der Waals surface area contributed by atoms with Gasteiger partial charge in [0.25, 0.3) is 0 Å². The second-order valence-electron chi connectivity index (χ2n) is 4.75. The van der Waals surface area contributed by atoms with E-state index in [1.165, 1.54) is 11.0 Å². The van der Waals surface area contributed by atoms with Gasteiger partial charge in [-0.25, -0.2) is 4.79 Å². The van der Waals surface area contributed by atoms with Crippen molar-refractivity contribution in [2.75, 3.05) is 6.54 Å². The van der Waals surface area contributed by atoms with E-state index < -0.39 is 5.60 Å². The van der Waals surface area contributed by atoms with E-state index in [1.54, 1.807) is 17.4 Å². The van der Waals surface area contributed by atoms with Crippen molar-refractivity contribution in [1.82, 2.24) is 0 Å². The lowest BCUT2D eigenvalue weighted by molar-refractivity contribution is -0.148. The molecule has 0 bridgehead atoms. The highest BCUT2D eigenvalue weighted by molar-refractivity contribution is 7.10. The topological polar surface area (TPSA) is 52.3 Å². The van der Waals surface area contributed by atoms with Gasteiger partial charge in [0.2, 0.25) is 0 Å². The molecule has 0 radical (unpaired) electrons. The van der Waals surface area contributed by atoms with Crippen LogP contribution in [-0.4, -0.2) is 18.1 Å².